The number of nitriles is 1. The second kappa shape index (κ2) is 5.89. The summed E-state index contributed by atoms with van der Waals surface area (Å²) in [6, 6.07) is 1.75. The van der Waals surface area contributed by atoms with Crippen LogP contribution >= 0.6 is 0 Å². The topological polar surface area (TPSA) is 97.6 Å². The Morgan fingerprint density at radius 3 is 2.59 bits per heavy atom. The van der Waals surface area contributed by atoms with E-state index in [1.165, 1.54) is 18.7 Å². The lowest BCUT2D eigenvalue weighted by Crippen LogP contribution is -2.41. The number of hydrogen-bond acceptors (Lipinski definition) is 5. The lowest BCUT2D eigenvalue weighted by Gasteiger charge is -2.19. The van der Waals surface area contributed by atoms with Crippen molar-refractivity contribution in [3.63, 3.8) is 0 Å². The van der Waals surface area contributed by atoms with Gasteiger partial charge in [-0.25, -0.2) is 4.79 Å². The molecule has 0 aliphatic rings. The molecule has 116 valence electrons. The minimum Gasteiger partial charge on any atom is -0.366 e. The van der Waals surface area contributed by atoms with Crippen LogP contribution in [-0.2, 0) is 20.6 Å². The SMILES string of the molecule is Cc1cnn(C[C@@H](C)Nc2c(C#N)c(=O)n(C)c(=O)n2C)c1. The van der Waals surface area contributed by atoms with Crippen molar-refractivity contribution in [1.29, 1.82) is 5.26 Å². The third-order valence-corrected chi connectivity index (χ3v) is 3.38. The second-order valence-electron chi connectivity index (χ2n) is 5.33. The van der Waals surface area contributed by atoms with Gasteiger partial charge in [0.2, 0.25) is 0 Å². The number of nitrogens with zero attached hydrogens (tertiary/aromatic N) is 5. The van der Waals surface area contributed by atoms with E-state index in [4.69, 9.17) is 0 Å². The van der Waals surface area contributed by atoms with Crippen molar-refractivity contribution in [3.8, 4) is 6.07 Å². The second-order valence-corrected chi connectivity index (χ2v) is 5.33. The standard InChI is InChI=1S/C14H18N6O2/c1-9-6-16-20(7-9)8-10(2)17-12-11(5-15)13(21)19(4)14(22)18(12)3/h6-7,10,17H,8H2,1-4H3/t10-/m1/s1. The predicted octanol–water partition coefficient (Wildman–Crippen LogP) is -0.0388. The fourth-order valence-electron chi connectivity index (χ4n) is 2.24. The largest absolute Gasteiger partial charge is 0.366 e. The Morgan fingerprint density at radius 2 is 2.05 bits per heavy atom. The number of rotatable bonds is 4. The number of anilines is 1. The van der Waals surface area contributed by atoms with Gasteiger partial charge in [-0.2, -0.15) is 10.4 Å². The van der Waals surface area contributed by atoms with Crippen LogP contribution in [0, 0.1) is 18.3 Å². The van der Waals surface area contributed by atoms with E-state index < -0.39 is 11.2 Å². The molecule has 2 aromatic rings. The number of aryl methyl sites for hydroxylation is 1. The Bertz CT molecular complexity index is 852. The molecule has 0 radical (unpaired) electrons. The molecular weight excluding hydrogens is 284 g/mol. The molecule has 0 saturated carbocycles. The zero-order valence-electron chi connectivity index (χ0n) is 13.0. The highest BCUT2D eigenvalue weighted by Gasteiger charge is 2.17. The third kappa shape index (κ3) is 2.79. The molecule has 0 amide bonds. The molecule has 2 aromatic heterocycles. The van der Waals surface area contributed by atoms with Gasteiger partial charge in [-0.1, -0.05) is 0 Å². The van der Waals surface area contributed by atoms with Gasteiger partial charge in [0.15, 0.2) is 5.56 Å². The third-order valence-electron chi connectivity index (χ3n) is 3.38. The zero-order valence-corrected chi connectivity index (χ0v) is 13.0. The van der Waals surface area contributed by atoms with Crippen LogP contribution in [0.1, 0.15) is 18.1 Å². The molecule has 0 fully saturated rings. The van der Waals surface area contributed by atoms with Gasteiger partial charge < -0.3 is 5.32 Å². The lowest BCUT2D eigenvalue weighted by molar-refractivity contribution is 0.554. The molecule has 8 heteroatoms. The maximum Gasteiger partial charge on any atom is 0.332 e. The summed E-state index contributed by atoms with van der Waals surface area (Å²) in [6.07, 6.45) is 3.65. The summed E-state index contributed by atoms with van der Waals surface area (Å²) < 4.78 is 3.95. The normalized spacial score (nSPS) is 12.0. The number of aromatic nitrogens is 4. The van der Waals surface area contributed by atoms with Crippen LogP contribution in [0.2, 0.25) is 0 Å². The molecule has 1 atom stereocenters. The highest BCUT2D eigenvalue weighted by atomic mass is 16.2. The molecule has 0 unspecified atom stereocenters. The smallest absolute Gasteiger partial charge is 0.332 e. The quantitative estimate of drug-likeness (QED) is 0.854. The molecule has 0 spiro atoms. The highest BCUT2D eigenvalue weighted by Crippen LogP contribution is 2.09. The Balaban J connectivity index is 2.35. The van der Waals surface area contributed by atoms with Crippen LogP contribution < -0.4 is 16.6 Å². The monoisotopic (exact) mass is 302 g/mol. The van der Waals surface area contributed by atoms with E-state index >= 15 is 0 Å². The van der Waals surface area contributed by atoms with Crippen molar-refractivity contribution >= 4 is 5.82 Å². The van der Waals surface area contributed by atoms with Crippen LogP contribution in [0.3, 0.4) is 0 Å². The summed E-state index contributed by atoms with van der Waals surface area (Å²) in [7, 11) is 2.88. The zero-order chi connectivity index (χ0) is 16.4. The van der Waals surface area contributed by atoms with Crippen molar-refractivity contribution in [2.75, 3.05) is 5.32 Å². The van der Waals surface area contributed by atoms with E-state index in [9.17, 15) is 14.9 Å². The summed E-state index contributed by atoms with van der Waals surface area (Å²) in [5.41, 5.74) is -0.108. The van der Waals surface area contributed by atoms with Crippen LogP contribution in [0.15, 0.2) is 22.0 Å². The molecule has 8 nitrogen and oxygen atoms in total. The Labute approximate surface area is 127 Å². The lowest BCUT2D eigenvalue weighted by atomic mass is 10.2. The summed E-state index contributed by atoms with van der Waals surface area (Å²) in [6.45, 7) is 4.38. The van der Waals surface area contributed by atoms with Gasteiger partial charge in [-0.3, -0.25) is 18.6 Å². The first-order valence-corrected chi connectivity index (χ1v) is 6.80. The molecule has 0 saturated heterocycles. The summed E-state index contributed by atoms with van der Waals surface area (Å²) in [5.74, 6) is 0.229. The highest BCUT2D eigenvalue weighted by molar-refractivity contribution is 5.51. The van der Waals surface area contributed by atoms with Gasteiger partial charge in [-0.15, -0.1) is 0 Å². The van der Waals surface area contributed by atoms with E-state index in [2.05, 4.69) is 10.4 Å². The Kier molecular flexibility index (Phi) is 4.17. The fraction of sp³-hybridized carbons (Fsp3) is 0.429. The molecule has 2 heterocycles. The van der Waals surface area contributed by atoms with Crippen LogP contribution in [0.25, 0.3) is 0 Å². The molecule has 22 heavy (non-hydrogen) atoms. The summed E-state index contributed by atoms with van der Waals surface area (Å²) >= 11 is 0. The fourth-order valence-corrected chi connectivity index (χ4v) is 2.24. The molecule has 0 aromatic carbocycles. The number of hydrogen-bond donors (Lipinski definition) is 1. The first-order valence-electron chi connectivity index (χ1n) is 6.80. The van der Waals surface area contributed by atoms with E-state index in [0.717, 1.165) is 10.1 Å². The average molecular weight is 302 g/mol. The molecule has 1 N–H and O–H groups in total. The molecule has 0 bridgehead atoms. The van der Waals surface area contributed by atoms with Crippen LogP contribution in [0.5, 0.6) is 0 Å². The van der Waals surface area contributed by atoms with E-state index in [0.29, 0.717) is 6.54 Å². The van der Waals surface area contributed by atoms with E-state index in [-0.39, 0.29) is 17.4 Å². The molecule has 0 aliphatic carbocycles. The first-order chi connectivity index (χ1) is 10.3. The van der Waals surface area contributed by atoms with Gasteiger partial charge in [0.1, 0.15) is 11.9 Å². The van der Waals surface area contributed by atoms with Crippen molar-refractivity contribution in [1.82, 2.24) is 18.9 Å². The molecular formula is C14H18N6O2. The Hall–Kier alpha value is -2.82. The van der Waals surface area contributed by atoms with Gasteiger partial charge >= 0.3 is 5.69 Å². The van der Waals surface area contributed by atoms with Gasteiger partial charge in [0.05, 0.1) is 12.7 Å². The molecule has 2 rings (SSSR count). The molecule has 0 aliphatic heterocycles. The first kappa shape index (κ1) is 15.6. The Morgan fingerprint density at radius 1 is 1.36 bits per heavy atom. The average Bonchev–Trinajstić information content (AvgIpc) is 2.88. The van der Waals surface area contributed by atoms with Crippen molar-refractivity contribution in [3.05, 3.63) is 44.4 Å². The van der Waals surface area contributed by atoms with E-state index in [1.54, 1.807) is 10.9 Å². The van der Waals surface area contributed by atoms with Gasteiger partial charge in [0, 0.05) is 26.3 Å². The summed E-state index contributed by atoms with van der Waals surface area (Å²) in [5, 5.41) is 16.5. The summed E-state index contributed by atoms with van der Waals surface area (Å²) in [4.78, 5) is 24.0. The van der Waals surface area contributed by atoms with Crippen molar-refractivity contribution in [2.24, 2.45) is 14.1 Å². The van der Waals surface area contributed by atoms with Crippen LogP contribution in [0.4, 0.5) is 5.82 Å². The van der Waals surface area contributed by atoms with Gasteiger partial charge in [0.25, 0.3) is 5.56 Å². The minimum atomic E-state index is -0.602. The van der Waals surface area contributed by atoms with Crippen molar-refractivity contribution < 1.29 is 0 Å². The maximum absolute atomic E-state index is 12.0. The minimum absolute atomic E-state index is 0.0758. The van der Waals surface area contributed by atoms with Crippen LogP contribution in [-0.4, -0.2) is 25.0 Å². The predicted molar refractivity (Wildman–Crippen MR) is 81.7 cm³/mol. The maximum atomic E-state index is 12.0. The van der Waals surface area contributed by atoms with Gasteiger partial charge in [-0.05, 0) is 19.4 Å². The van der Waals surface area contributed by atoms with E-state index in [1.807, 2.05) is 26.1 Å². The van der Waals surface area contributed by atoms with Crippen molar-refractivity contribution in [2.45, 2.75) is 26.4 Å². The number of nitrogens with one attached hydrogen (secondary N) is 1.